The van der Waals surface area contributed by atoms with Gasteiger partial charge in [-0.05, 0) is 84.7 Å². The third-order valence-corrected chi connectivity index (χ3v) is 7.34. The largest absolute Gasteiger partial charge is 0.508 e. The minimum absolute atomic E-state index is 0.284. The maximum Gasteiger partial charge on any atom is 0.119 e. The molecule has 0 bridgehead atoms. The van der Waals surface area contributed by atoms with Gasteiger partial charge in [0.25, 0.3) is 0 Å². The number of hydrogen-bond donors (Lipinski definition) is 1. The summed E-state index contributed by atoms with van der Waals surface area (Å²) < 4.78 is 6.16. The maximum absolute atomic E-state index is 10.0. The van der Waals surface area contributed by atoms with Crippen LogP contribution in [-0.4, -0.2) is 35.7 Å². The third kappa shape index (κ3) is 4.27. The lowest BCUT2D eigenvalue weighted by Crippen LogP contribution is -2.35. The number of aromatic hydroxyl groups is 1. The molecule has 32 heavy (non-hydrogen) atoms. The number of benzene rings is 3. The molecular weight excluding hydrogens is 394 g/mol. The second-order valence-electron chi connectivity index (χ2n) is 9.70. The van der Waals surface area contributed by atoms with E-state index in [0.29, 0.717) is 17.7 Å². The molecule has 0 spiro atoms. The average Bonchev–Trinajstić information content (AvgIpc) is 3.42. The summed E-state index contributed by atoms with van der Waals surface area (Å²) in [6, 6.07) is 25.7. The van der Waals surface area contributed by atoms with Crippen molar-refractivity contribution in [1.29, 1.82) is 0 Å². The van der Waals surface area contributed by atoms with Crippen molar-refractivity contribution in [3.05, 3.63) is 95.1 Å². The summed E-state index contributed by atoms with van der Waals surface area (Å²) in [5, 5.41) is 10.0. The Balaban J connectivity index is 1.34. The van der Waals surface area contributed by atoms with Gasteiger partial charge < -0.3 is 9.84 Å². The predicted octanol–water partition coefficient (Wildman–Crippen LogP) is 5.97. The zero-order valence-corrected chi connectivity index (χ0v) is 19.1. The van der Waals surface area contributed by atoms with Crippen LogP contribution < -0.4 is 4.74 Å². The molecule has 4 unspecified atom stereocenters. The summed E-state index contributed by atoms with van der Waals surface area (Å²) in [6.45, 7) is 7.69. The fourth-order valence-electron chi connectivity index (χ4n) is 5.53. The van der Waals surface area contributed by atoms with Crippen molar-refractivity contribution < 1.29 is 9.84 Å². The van der Waals surface area contributed by atoms with Gasteiger partial charge in [0, 0.05) is 18.5 Å². The molecule has 3 nitrogen and oxygen atoms in total. The van der Waals surface area contributed by atoms with Gasteiger partial charge in [0.1, 0.15) is 18.1 Å². The second-order valence-corrected chi connectivity index (χ2v) is 9.70. The number of fused-ring (bicyclic) bond motifs is 1. The van der Waals surface area contributed by atoms with Crippen molar-refractivity contribution in [2.75, 3.05) is 19.7 Å². The van der Waals surface area contributed by atoms with E-state index in [9.17, 15) is 5.11 Å². The number of rotatable bonds is 6. The van der Waals surface area contributed by atoms with Crippen LogP contribution in [0.5, 0.6) is 11.5 Å². The first kappa shape index (κ1) is 21.1. The lowest BCUT2D eigenvalue weighted by molar-refractivity contribution is 0.169. The van der Waals surface area contributed by atoms with E-state index < -0.39 is 0 Å². The van der Waals surface area contributed by atoms with Crippen molar-refractivity contribution in [3.8, 4) is 11.5 Å². The molecule has 1 saturated heterocycles. The van der Waals surface area contributed by atoms with Crippen molar-refractivity contribution in [2.45, 2.75) is 44.6 Å². The van der Waals surface area contributed by atoms with Crippen LogP contribution in [0, 0.1) is 5.92 Å². The first-order chi connectivity index (χ1) is 15.6. The molecule has 1 N–H and O–H groups in total. The second kappa shape index (κ2) is 8.99. The minimum atomic E-state index is 0.284. The summed E-state index contributed by atoms with van der Waals surface area (Å²) in [7, 11) is 0. The molecule has 3 heteroatoms. The zero-order chi connectivity index (χ0) is 22.1. The number of hydrogen-bond acceptors (Lipinski definition) is 3. The SMILES string of the molecule is CC1CCN(C(C)COc2ccc(C3c4ccc(O)cc4CC3c3ccccc3)cc2)C1. The quantitative estimate of drug-likeness (QED) is 0.526. The summed E-state index contributed by atoms with van der Waals surface area (Å²) in [6.07, 6.45) is 2.24. The Morgan fingerprint density at radius 1 is 1.00 bits per heavy atom. The van der Waals surface area contributed by atoms with Crippen LogP contribution in [0.2, 0.25) is 0 Å². The highest BCUT2D eigenvalue weighted by atomic mass is 16.5. The highest BCUT2D eigenvalue weighted by molar-refractivity contribution is 5.51. The first-order valence-corrected chi connectivity index (χ1v) is 11.9. The molecule has 0 aromatic heterocycles. The summed E-state index contributed by atoms with van der Waals surface area (Å²) >= 11 is 0. The number of phenols is 1. The van der Waals surface area contributed by atoms with E-state index >= 15 is 0 Å². The molecule has 2 aliphatic rings. The van der Waals surface area contributed by atoms with Crippen LogP contribution in [0.15, 0.2) is 72.8 Å². The topological polar surface area (TPSA) is 32.7 Å². The molecular formula is C29H33NO2. The van der Waals surface area contributed by atoms with Crippen LogP contribution in [0.4, 0.5) is 0 Å². The number of nitrogens with zero attached hydrogens (tertiary/aromatic N) is 1. The van der Waals surface area contributed by atoms with Crippen molar-refractivity contribution in [1.82, 2.24) is 4.90 Å². The molecule has 3 aromatic carbocycles. The van der Waals surface area contributed by atoms with Gasteiger partial charge in [-0.15, -0.1) is 0 Å². The number of likely N-dealkylation sites (tertiary alicyclic amines) is 1. The lowest BCUT2D eigenvalue weighted by atomic mass is 9.82. The summed E-state index contributed by atoms with van der Waals surface area (Å²) in [5.74, 6) is 2.74. The first-order valence-electron chi connectivity index (χ1n) is 11.9. The molecule has 4 atom stereocenters. The van der Waals surface area contributed by atoms with Crippen LogP contribution in [0.3, 0.4) is 0 Å². The highest BCUT2D eigenvalue weighted by Crippen LogP contribution is 2.48. The fraction of sp³-hybridized carbons (Fsp3) is 0.379. The number of phenolic OH excluding ortho intramolecular Hbond substituents is 1. The van der Waals surface area contributed by atoms with Gasteiger partial charge in [-0.25, -0.2) is 0 Å². The van der Waals surface area contributed by atoms with E-state index in [-0.39, 0.29) is 5.92 Å². The molecule has 1 aliphatic carbocycles. The maximum atomic E-state index is 10.0. The van der Waals surface area contributed by atoms with Crippen LogP contribution in [-0.2, 0) is 6.42 Å². The van der Waals surface area contributed by atoms with Crippen molar-refractivity contribution in [2.24, 2.45) is 5.92 Å². The van der Waals surface area contributed by atoms with Crippen molar-refractivity contribution in [3.63, 3.8) is 0 Å². The summed E-state index contributed by atoms with van der Waals surface area (Å²) in [5.41, 5.74) is 5.22. The Morgan fingerprint density at radius 3 is 2.50 bits per heavy atom. The molecule has 166 valence electrons. The van der Waals surface area contributed by atoms with Gasteiger partial charge in [-0.1, -0.05) is 55.5 Å². The van der Waals surface area contributed by atoms with E-state index in [2.05, 4.69) is 79.4 Å². The molecule has 0 radical (unpaired) electrons. The third-order valence-electron chi connectivity index (χ3n) is 7.34. The van der Waals surface area contributed by atoms with Gasteiger partial charge in [0.2, 0.25) is 0 Å². The average molecular weight is 428 g/mol. The van der Waals surface area contributed by atoms with E-state index in [1.165, 1.54) is 41.8 Å². The van der Waals surface area contributed by atoms with Crippen molar-refractivity contribution >= 4 is 0 Å². The van der Waals surface area contributed by atoms with Gasteiger partial charge >= 0.3 is 0 Å². The molecule has 1 aliphatic heterocycles. The van der Waals surface area contributed by atoms with E-state index in [1.54, 1.807) is 0 Å². The monoisotopic (exact) mass is 427 g/mol. The van der Waals surface area contributed by atoms with E-state index in [0.717, 1.165) is 24.7 Å². The normalized spacial score (nSPS) is 23.8. The smallest absolute Gasteiger partial charge is 0.119 e. The Labute approximate surface area is 191 Å². The minimum Gasteiger partial charge on any atom is -0.508 e. The van der Waals surface area contributed by atoms with Crippen LogP contribution in [0.25, 0.3) is 0 Å². The fourth-order valence-corrected chi connectivity index (χ4v) is 5.53. The molecule has 1 heterocycles. The van der Waals surface area contributed by atoms with Crippen LogP contribution in [0.1, 0.15) is 54.4 Å². The predicted molar refractivity (Wildman–Crippen MR) is 130 cm³/mol. The zero-order valence-electron chi connectivity index (χ0n) is 19.1. The molecule has 0 amide bonds. The Morgan fingerprint density at radius 2 is 1.78 bits per heavy atom. The molecule has 1 fully saturated rings. The Bertz CT molecular complexity index is 1050. The molecule has 5 rings (SSSR count). The van der Waals surface area contributed by atoms with Gasteiger partial charge in [0.15, 0.2) is 0 Å². The highest BCUT2D eigenvalue weighted by Gasteiger charge is 2.34. The van der Waals surface area contributed by atoms with Gasteiger partial charge in [-0.3, -0.25) is 4.90 Å². The van der Waals surface area contributed by atoms with E-state index in [1.807, 2.05) is 12.1 Å². The lowest BCUT2D eigenvalue weighted by Gasteiger charge is -2.24. The van der Waals surface area contributed by atoms with Crippen LogP contribution >= 0.6 is 0 Å². The summed E-state index contributed by atoms with van der Waals surface area (Å²) in [4.78, 5) is 2.54. The van der Waals surface area contributed by atoms with E-state index in [4.69, 9.17) is 4.74 Å². The number of ether oxygens (including phenoxy) is 1. The Hall–Kier alpha value is -2.78. The molecule has 0 saturated carbocycles. The van der Waals surface area contributed by atoms with Gasteiger partial charge in [0.05, 0.1) is 0 Å². The standard InChI is InChI=1S/C29H33NO2/c1-20-14-15-30(18-20)21(2)19-32-26-11-8-23(9-12-26)29-27-13-10-25(31)16-24(27)17-28(29)22-6-4-3-5-7-22/h3-13,16,20-21,28-29,31H,14-15,17-19H2,1-2H3. The van der Waals surface area contributed by atoms with Gasteiger partial charge in [-0.2, -0.15) is 0 Å². The molecule has 3 aromatic rings. The Kier molecular flexibility index (Phi) is 5.93.